The van der Waals surface area contributed by atoms with E-state index in [1.807, 2.05) is 0 Å². The van der Waals surface area contributed by atoms with Crippen molar-refractivity contribution in [1.29, 1.82) is 0 Å². The quantitative estimate of drug-likeness (QED) is 0.0939. The number of aromatic nitrogens is 1. The van der Waals surface area contributed by atoms with Gasteiger partial charge in [0.2, 0.25) is 5.91 Å². The maximum atomic E-state index is 15.8. The molecule has 12 heteroatoms. The van der Waals surface area contributed by atoms with Gasteiger partial charge in [0.1, 0.15) is 6.50 Å². The van der Waals surface area contributed by atoms with Crippen LogP contribution in [-0.2, 0) is 34.5 Å². The fourth-order valence-electron chi connectivity index (χ4n) is 4.41. The highest BCUT2D eigenvalue weighted by Crippen LogP contribution is 2.32. The summed E-state index contributed by atoms with van der Waals surface area (Å²) in [7, 11) is 1.02. The lowest BCUT2D eigenvalue weighted by atomic mass is 10.00. The number of piperidine rings is 1. The molecule has 0 N–H and O–H groups in total. The zero-order valence-corrected chi connectivity index (χ0v) is 28.0. The molecule has 6 nitrogen and oxygen atoms in total. The third kappa shape index (κ3) is 9.17. The molecule has 2 heterocycles. The van der Waals surface area contributed by atoms with Crippen LogP contribution in [0.4, 0.5) is 22.0 Å². The number of pyridine rings is 1. The molecular formula is C41H40F5N3O3S. The molecular weight excluding hydrogens is 710 g/mol. The summed E-state index contributed by atoms with van der Waals surface area (Å²) in [5, 5.41) is -2.41. The Balaban J connectivity index is 1.78. The summed E-state index contributed by atoms with van der Waals surface area (Å²) < 4.78 is 307. The number of likely N-dealkylation sites (tertiary alicyclic amines) is 1. The molecule has 1 aliphatic heterocycles. The van der Waals surface area contributed by atoms with Crippen molar-refractivity contribution in [1.82, 2.24) is 14.4 Å². The van der Waals surface area contributed by atoms with Gasteiger partial charge in [-0.05, 0) is 66.6 Å². The highest BCUT2D eigenvalue weighted by atomic mass is 32.2. The second-order valence-corrected chi connectivity index (χ2v) is 11.6. The van der Waals surface area contributed by atoms with E-state index in [1.165, 1.54) is 0 Å². The molecule has 0 bridgehead atoms. The highest BCUT2D eigenvalue weighted by molar-refractivity contribution is 7.98. The molecule has 0 radical (unpaired) electrons. The van der Waals surface area contributed by atoms with Crippen molar-refractivity contribution in [3.8, 4) is 11.1 Å². The number of benzene rings is 4. The van der Waals surface area contributed by atoms with Crippen molar-refractivity contribution >= 4 is 28.6 Å². The molecule has 0 unspecified atom stereocenters. The van der Waals surface area contributed by atoms with Crippen molar-refractivity contribution < 1.29 is 67.1 Å². The van der Waals surface area contributed by atoms with Gasteiger partial charge in [0, 0.05) is 72.9 Å². The van der Waals surface area contributed by atoms with Gasteiger partial charge in [0.05, 0.1) is 47.4 Å². The largest absolute Gasteiger partial charge is 0.416 e. The number of alkyl halides is 3. The highest BCUT2D eigenvalue weighted by Gasteiger charge is 2.31. The first-order valence-electron chi connectivity index (χ1n) is 27.9. The number of ether oxygens (including phenoxy) is 1. The van der Waals surface area contributed by atoms with E-state index in [1.54, 1.807) is 0 Å². The lowest BCUT2D eigenvalue weighted by Gasteiger charge is -2.39. The number of carbonyl (C=O) groups is 1. The average molecular weight is 776 g/mol. The third-order valence-electron chi connectivity index (χ3n) is 7.00. The Bertz CT molecular complexity index is 3380. The number of hydrogen-bond donors (Lipinski definition) is 0. The Morgan fingerprint density at radius 2 is 1.70 bits per heavy atom. The Labute approximate surface area is 345 Å². The van der Waals surface area contributed by atoms with Crippen LogP contribution in [-0.4, -0.2) is 59.5 Å². The van der Waals surface area contributed by atoms with E-state index in [2.05, 4.69) is 0 Å². The van der Waals surface area contributed by atoms with Crippen LogP contribution < -0.4 is 5.43 Å². The number of amides is 1. The normalized spacial score (nSPS) is 25.9. The van der Waals surface area contributed by atoms with Gasteiger partial charge in [-0.1, -0.05) is 59.9 Å². The van der Waals surface area contributed by atoms with E-state index in [9.17, 15) is 32.0 Å². The molecule has 5 aromatic rings. The van der Waals surface area contributed by atoms with Gasteiger partial charge in [-0.2, -0.15) is 13.2 Å². The van der Waals surface area contributed by atoms with Gasteiger partial charge in [0.25, 0.3) is 0 Å². The monoisotopic (exact) mass is 775 g/mol. The lowest BCUT2D eigenvalue weighted by Crippen LogP contribution is -2.48. The van der Waals surface area contributed by atoms with E-state index in [0.29, 0.717) is 0 Å². The van der Waals surface area contributed by atoms with E-state index in [0.717, 1.165) is 14.0 Å². The van der Waals surface area contributed by atoms with Crippen molar-refractivity contribution in [3.05, 3.63) is 135 Å². The molecule has 1 aromatic heterocycles. The third-order valence-corrected chi connectivity index (χ3v) is 7.99. The summed E-state index contributed by atoms with van der Waals surface area (Å²) in [5.74, 6) is -7.82. The summed E-state index contributed by atoms with van der Waals surface area (Å²) in [6.45, 7) is -15.4. The smallest absolute Gasteiger partial charge is 0.383 e. The van der Waals surface area contributed by atoms with Gasteiger partial charge in [-0.25, -0.2) is 8.78 Å². The van der Waals surface area contributed by atoms with Crippen LogP contribution in [0.25, 0.3) is 22.0 Å². The van der Waals surface area contributed by atoms with E-state index >= 15 is 9.18 Å². The van der Waals surface area contributed by atoms with Crippen LogP contribution in [0.3, 0.4) is 0 Å². The van der Waals surface area contributed by atoms with Gasteiger partial charge >= 0.3 is 6.18 Å². The molecule has 0 saturated carbocycles. The van der Waals surface area contributed by atoms with Crippen LogP contribution in [0.5, 0.6) is 0 Å². The maximum absolute atomic E-state index is 15.8. The minimum atomic E-state index is -5.52. The van der Waals surface area contributed by atoms with Gasteiger partial charge < -0.3 is 19.1 Å². The topological polar surface area (TPSA) is 54.8 Å². The molecule has 1 amide bonds. The molecule has 4 aromatic carbocycles. The van der Waals surface area contributed by atoms with Crippen LogP contribution in [0.2, 0.25) is 0 Å². The SMILES string of the molecule is [2H]c1c([2H])c(F)c(F)c(CSc2c([2H])c(=O)c3c([2H])c(C)c([2H])c([2H])c3n2C([2H])([2H])C(=O)N(Cc2c([2H])c([2H])c(-c3c([2H])c([2H])c(C(F)(F)F)c([2H])c3[2H])c([2H])c2[2H])C2([2H])C([2H])([2H])C([2H])([2H])N(CCOC)C([2H])([2H])C2([2H])[2H])c1[2H]. The molecule has 1 saturated heterocycles. The summed E-state index contributed by atoms with van der Waals surface area (Å²) in [5.41, 5.74) is -10.4. The second-order valence-electron chi connectivity index (χ2n) is 10.7. The fraction of sp³-hybridized carbons (Fsp3) is 0.317. The molecule has 53 heavy (non-hydrogen) atoms. The summed E-state index contributed by atoms with van der Waals surface area (Å²) in [4.78, 5) is 29.2. The summed E-state index contributed by atoms with van der Waals surface area (Å²) >= 11 is -0.127. The number of thioether (sulfide) groups is 1. The average Bonchev–Trinajstić information content (AvgIpc) is 3.55. The minimum Gasteiger partial charge on any atom is -0.383 e. The van der Waals surface area contributed by atoms with Crippen LogP contribution >= 0.6 is 11.8 Å². The van der Waals surface area contributed by atoms with Crippen molar-refractivity contribution in [2.45, 2.75) is 55.7 Å². The first-order valence-corrected chi connectivity index (χ1v) is 15.9. The standard InChI is InChI=1S/C41H40F5N3O3S/c1-27-6-15-36-34(22-27)37(50)23-39(53-26-31-4-3-5-35(42)40(31)43)49(36)25-38(51)48(33-16-18-47(19-17-33)20-21-52-2)24-28-7-9-29(10-8-28)30-11-13-32(14-12-30)41(44,45)46/h3-15,22-23,33H,16-21,24-26H2,1-2H3/i3D,4D,5D,6D,7D,8D,9D,10D,11D,12D,13D,14D,15D,16D2,17D2,18D2,19D2,22D,23D,25D2,33D. The number of hydrogen-bond acceptors (Lipinski definition) is 5. The molecule has 0 atom stereocenters. The predicted octanol–water partition coefficient (Wildman–Crippen LogP) is 8.71. The molecule has 0 spiro atoms. The van der Waals surface area contributed by atoms with Crippen LogP contribution in [0.1, 0.15) is 70.6 Å². The van der Waals surface area contributed by atoms with E-state index < -0.39 is 238 Å². The first-order chi connectivity index (χ1) is 35.9. The summed E-state index contributed by atoms with van der Waals surface area (Å²) in [6, 6.07) is -25.9. The van der Waals surface area contributed by atoms with Crippen molar-refractivity contribution in [2.75, 3.05) is 33.3 Å². The van der Waals surface area contributed by atoms with Crippen molar-refractivity contribution in [3.63, 3.8) is 0 Å². The second kappa shape index (κ2) is 16.7. The lowest BCUT2D eigenvalue weighted by molar-refractivity contribution is -0.137. The number of carbonyl (C=O) groups excluding carboxylic acids is 1. The molecule has 6 rings (SSSR count). The van der Waals surface area contributed by atoms with Crippen LogP contribution in [0, 0.1) is 18.6 Å². The molecule has 1 fully saturated rings. The van der Waals surface area contributed by atoms with Crippen LogP contribution in [0.15, 0.2) is 100 Å². The Hall–Kier alpha value is -4.52. The summed E-state index contributed by atoms with van der Waals surface area (Å²) in [6.07, 6.45) is -14.4. The molecule has 0 aliphatic carbocycles. The van der Waals surface area contributed by atoms with E-state index in [4.69, 9.17) is 30.8 Å². The molecule has 1 aliphatic rings. The predicted molar refractivity (Wildman–Crippen MR) is 198 cm³/mol. The number of halogens is 5. The Kier molecular flexibility index (Phi) is 5.44. The number of nitrogens with zero attached hydrogens (tertiary/aromatic N) is 3. The van der Waals surface area contributed by atoms with Gasteiger partial charge in [-0.15, -0.1) is 11.8 Å². The van der Waals surface area contributed by atoms with Gasteiger partial charge in [-0.3, -0.25) is 9.59 Å². The Morgan fingerprint density at radius 1 is 1.02 bits per heavy atom. The number of fused-ring (bicyclic) bond motifs is 1. The van der Waals surface area contributed by atoms with E-state index in [-0.39, 0.29) is 21.2 Å². The Morgan fingerprint density at radius 3 is 2.36 bits per heavy atom. The fourth-order valence-corrected chi connectivity index (χ4v) is 5.32. The van der Waals surface area contributed by atoms with Crippen molar-refractivity contribution in [2.24, 2.45) is 0 Å². The number of rotatable bonds is 12. The first kappa shape index (κ1) is 17.3. The zero-order chi connectivity index (χ0) is 60.6. The minimum absolute atomic E-state index is 0.0885. The maximum Gasteiger partial charge on any atom is 0.416 e. The zero-order valence-electron chi connectivity index (χ0n) is 53.2. The van der Waals surface area contributed by atoms with Gasteiger partial charge in [0.15, 0.2) is 17.1 Å². The molecule has 278 valence electrons. The number of methoxy groups -OCH3 is 1.